The number of allylic oxidation sites excluding steroid dienone is 1. The van der Waals surface area contributed by atoms with Gasteiger partial charge in [0.05, 0.1) is 10.5 Å². The Morgan fingerprint density at radius 1 is 1.33 bits per heavy atom. The molecular formula is C30H48ClFN4O3. The molecule has 0 saturated carbocycles. The molecule has 1 aliphatic heterocycles. The fourth-order valence-corrected chi connectivity index (χ4v) is 4.47. The van der Waals surface area contributed by atoms with Crippen LogP contribution in [0.5, 0.6) is 0 Å². The third kappa shape index (κ3) is 12.4. The van der Waals surface area contributed by atoms with Crippen LogP contribution in [0, 0.1) is 5.92 Å². The molecule has 9 heteroatoms. The van der Waals surface area contributed by atoms with Crippen molar-refractivity contribution in [2.24, 2.45) is 18.7 Å². The van der Waals surface area contributed by atoms with E-state index >= 15 is 0 Å². The molecule has 0 aliphatic carbocycles. The topological polar surface area (TPSA) is 101 Å². The maximum absolute atomic E-state index is 11.9. The van der Waals surface area contributed by atoms with Gasteiger partial charge in [-0.05, 0) is 70.8 Å². The predicted molar refractivity (Wildman–Crippen MR) is 164 cm³/mol. The van der Waals surface area contributed by atoms with Gasteiger partial charge in [-0.3, -0.25) is 4.90 Å². The minimum absolute atomic E-state index is 0.116. The number of aldehydes is 1. The number of nitrogens with one attached hydrogen (secondary N) is 1. The summed E-state index contributed by atoms with van der Waals surface area (Å²) >= 11 is 6.06. The van der Waals surface area contributed by atoms with Crippen molar-refractivity contribution in [3.05, 3.63) is 54.2 Å². The number of carboxylic acids is 1. The Labute approximate surface area is 238 Å². The first-order valence-corrected chi connectivity index (χ1v) is 13.8. The molecule has 2 heterocycles. The van der Waals surface area contributed by atoms with Crippen molar-refractivity contribution in [1.82, 2.24) is 9.47 Å². The third-order valence-corrected chi connectivity index (χ3v) is 6.93. The van der Waals surface area contributed by atoms with Gasteiger partial charge in [-0.25, -0.2) is 9.18 Å². The summed E-state index contributed by atoms with van der Waals surface area (Å²) in [5.41, 5.74) is 7.20. The number of aryl methyl sites for hydroxylation is 1. The van der Waals surface area contributed by atoms with Gasteiger partial charge in [0.25, 0.3) is 0 Å². The van der Waals surface area contributed by atoms with Crippen molar-refractivity contribution in [1.29, 1.82) is 0 Å². The zero-order chi connectivity index (χ0) is 30.0. The van der Waals surface area contributed by atoms with Crippen LogP contribution < -0.4 is 11.1 Å². The van der Waals surface area contributed by atoms with E-state index < -0.39 is 12.6 Å². The van der Waals surface area contributed by atoms with Gasteiger partial charge in [-0.1, -0.05) is 37.1 Å². The Morgan fingerprint density at radius 2 is 1.97 bits per heavy atom. The van der Waals surface area contributed by atoms with Gasteiger partial charge in [0.2, 0.25) is 0 Å². The van der Waals surface area contributed by atoms with Gasteiger partial charge < -0.3 is 25.5 Å². The van der Waals surface area contributed by atoms with Crippen LogP contribution in [0.2, 0.25) is 5.02 Å². The van der Waals surface area contributed by atoms with E-state index in [1.54, 1.807) is 24.7 Å². The Hall–Kier alpha value is -2.68. The second-order valence-corrected chi connectivity index (χ2v) is 9.87. The van der Waals surface area contributed by atoms with Crippen LogP contribution in [0.4, 0.5) is 10.1 Å². The van der Waals surface area contributed by atoms with Gasteiger partial charge in [-0.15, -0.1) is 13.2 Å². The van der Waals surface area contributed by atoms with Crippen LogP contribution >= 0.6 is 11.6 Å². The minimum Gasteiger partial charge on any atom is -0.477 e. The van der Waals surface area contributed by atoms with Crippen LogP contribution in [-0.4, -0.2) is 66.2 Å². The molecule has 0 radical (unpaired) electrons. The first-order valence-electron chi connectivity index (χ1n) is 13.4. The lowest BCUT2D eigenvalue weighted by molar-refractivity contribution is -0.111. The molecule has 2 aromatic rings. The van der Waals surface area contributed by atoms with E-state index in [4.69, 9.17) is 22.4 Å². The van der Waals surface area contributed by atoms with Crippen LogP contribution in [-0.2, 0) is 11.8 Å². The molecule has 7 nitrogen and oxygen atoms in total. The maximum atomic E-state index is 11.9. The number of carbonyl (C=O) groups excluding carboxylic acids is 1. The van der Waals surface area contributed by atoms with E-state index in [-0.39, 0.29) is 22.7 Å². The summed E-state index contributed by atoms with van der Waals surface area (Å²) in [4.78, 5) is 23.8. The molecule has 0 bridgehead atoms. The number of aromatic nitrogens is 1. The van der Waals surface area contributed by atoms with Crippen molar-refractivity contribution < 1.29 is 19.1 Å². The first-order chi connectivity index (χ1) is 18.6. The van der Waals surface area contributed by atoms with Crippen LogP contribution in [0.1, 0.15) is 62.9 Å². The van der Waals surface area contributed by atoms with Gasteiger partial charge in [0.1, 0.15) is 18.7 Å². The zero-order valence-corrected chi connectivity index (χ0v) is 25.0. The van der Waals surface area contributed by atoms with E-state index in [1.165, 1.54) is 19.4 Å². The van der Waals surface area contributed by atoms with Crippen molar-refractivity contribution in [3.8, 4) is 0 Å². The smallest absolute Gasteiger partial charge is 0.354 e. The van der Waals surface area contributed by atoms with Crippen LogP contribution in [0.3, 0.4) is 0 Å². The number of anilines is 1. The molecule has 4 N–H and O–H groups in total. The number of halogens is 2. The summed E-state index contributed by atoms with van der Waals surface area (Å²) in [7, 11) is 5.65. The van der Waals surface area contributed by atoms with Crippen molar-refractivity contribution >= 4 is 40.4 Å². The molecule has 1 aliphatic rings. The summed E-state index contributed by atoms with van der Waals surface area (Å²) in [5.74, 6) is -0.883. The number of carbonyl (C=O) groups is 2. The number of hydrogen-bond donors (Lipinski definition) is 3. The molecule has 3 unspecified atom stereocenters. The monoisotopic (exact) mass is 566 g/mol. The van der Waals surface area contributed by atoms with Gasteiger partial charge >= 0.3 is 5.97 Å². The lowest BCUT2D eigenvalue weighted by Gasteiger charge is -2.13. The maximum Gasteiger partial charge on any atom is 0.354 e. The van der Waals surface area contributed by atoms with E-state index in [2.05, 4.69) is 30.4 Å². The summed E-state index contributed by atoms with van der Waals surface area (Å²) in [5, 5.41) is 13.1. The zero-order valence-electron chi connectivity index (χ0n) is 24.3. The first kappa shape index (κ1) is 36.3. The number of carboxylic acid groups (broad SMARTS) is 1. The van der Waals surface area contributed by atoms with Crippen LogP contribution in [0.25, 0.3) is 10.9 Å². The number of alkyl halides is 1. The minimum atomic E-state index is -1.02. The number of likely N-dealkylation sites (tertiary alicyclic amines) is 1. The van der Waals surface area contributed by atoms with E-state index in [0.717, 1.165) is 42.1 Å². The predicted octanol–water partition coefficient (Wildman–Crippen LogP) is 6.71. The highest BCUT2D eigenvalue weighted by atomic mass is 35.5. The lowest BCUT2D eigenvalue weighted by Crippen LogP contribution is -2.22. The number of fused-ring (bicyclic) bond motifs is 1. The number of nitrogens with two attached hydrogens (primary N) is 1. The summed E-state index contributed by atoms with van der Waals surface area (Å²) < 4.78 is 13.5. The largest absolute Gasteiger partial charge is 0.477 e. The van der Waals surface area contributed by atoms with Crippen LogP contribution in [0.15, 0.2) is 43.5 Å². The van der Waals surface area contributed by atoms with Crippen molar-refractivity contribution in [2.75, 3.05) is 32.6 Å². The number of nitrogens with zero attached hydrogens (tertiary/aromatic N) is 2. The lowest BCUT2D eigenvalue weighted by atomic mass is 9.99. The molecular weight excluding hydrogens is 519 g/mol. The summed E-state index contributed by atoms with van der Waals surface area (Å²) in [6, 6.07) is 5.89. The number of likely N-dealkylation sites (N-methyl/N-ethyl adjacent to an activating group) is 1. The Balaban J connectivity index is 0.000000555. The highest BCUT2D eigenvalue weighted by Crippen LogP contribution is 2.31. The molecule has 1 aromatic carbocycles. The molecule has 0 amide bonds. The fourth-order valence-electron chi connectivity index (χ4n) is 4.11. The second-order valence-electron chi connectivity index (χ2n) is 9.49. The Morgan fingerprint density at radius 3 is 2.38 bits per heavy atom. The number of hydrogen-bond acceptors (Lipinski definition) is 5. The second kappa shape index (κ2) is 20.3. The summed E-state index contributed by atoms with van der Waals surface area (Å²) in [6.07, 6.45) is 10.6. The molecule has 3 rings (SSSR count). The van der Waals surface area contributed by atoms with E-state index in [1.807, 2.05) is 38.1 Å². The molecule has 1 aromatic heterocycles. The molecule has 0 spiro atoms. The fraction of sp³-hybridized carbons (Fsp3) is 0.533. The Bertz CT molecular complexity index is 1030. The number of rotatable bonds is 10. The number of aromatic carboxylic acids is 1. The van der Waals surface area contributed by atoms with Gasteiger partial charge in [-0.2, -0.15) is 0 Å². The normalized spacial score (nSPS) is 15.8. The summed E-state index contributed by atoms with van der Waals surface area (Å²) in [6.45, 7) is 11.8. The standard InChI is InChI=1S/C11H11ClN2O2.C9H18FNO.C7H13N.C3H6/c1-13-6-3-4-8-7(5-6)9(12)10(11(15)16)14(8)2;1-2-8(7-12)4-3-5-9(11)6-10;1-3-7-5-4-6-8(7)2;1-3-2/h3-5,13H,1-2H3,(H,15,16);7-9H,2-6,11H2,1H3;3,7H,1,4-6H2,2H3;3H,1H2,2H3. The molecule has 220 valence electrons. The average Bonchev–Trinajstić information content (AvgIpc) is 3.46. The highest BCUT2D eigenvalue weighted by Gasteiger charge is 2.19. The van der Waals surface area contributed by atoms with Gasteiger partial charge in [0.15, 0.2) is 0 Å². The third-order valence-electron chi connectivity index (χ3n) is 6.54. The van der Waals surface area contributed by atoms with E-state index in [0.29, 0.717) is 12.5 Å². The quantitative estimate of drug-likeness (QED) is 0.218. The Kier molecular flexibility index (Phi) is 18.9. The molecule has 3 atom stereocenters. The van der Waals surface area contributed by atoms with Crippen molar-refractivity contribution in [2.45, 2.75) is 64.5 Å². The molecule has 1 saturated heterocycles. The van der Waals surface area contributed by atoms with Crippen molar-refractivity contribution in [3.63, 3.8) is 0 Å². The number of benzene rings is 1. The van der Waals surface area contributed by atoms with Gasteiger partial charge in [0, 0.05) is 43.2 Å². The molecule has 39 heavy (non-hydrogen) atoms. The molecule has 1 fully saturated rings. The highest BCUT2D eigenvalue weighted by molar-refractivity contribution is 6.38. The SMILES string of the molecule is C=CC.C=CC1CCCN1C.CCC(C=O)CCCC(N)CF.CNc1ccc2c(c1)c(Cl)c(C(=O)O)n2C. The van der Waals surface area contributed by atoms with E-state index in [9.17, 15) is 14.0 Å². The average molecular weight is 567 g/mol.